The van der Waals surface area contributed by atoms with E-state index in [-0.39, 0.29) is 0 Å². The van der Waals surface area contributed by atoms with E-state index in [2.05, 4.69) is 48.1 Å². The zero-order valence-electron chi connectivity index (χ0n) is 12.2. The number of benzene rings is 1. The van der Waals surface area contributed by atoms with Gasteiger partial charge in [-0.05, 0) is 29.7 Å². The van der Waals surface area contributed by atoms with Gasteiger partial charge >= 0.3 is 0 Å². The van der Waals surface area contributed by atoms with Crippen molar-refractivity contribution in [2.24, 2.45) is 0 Å². The third kappa shape index (κ3) is 2.52. The highest BCUT2D eigenvalue weighted by Crippen LogP contribution is 2.27. The van der Waals surface area contributed by atoms with Crippen LogP contribution in [0.4, 0.5) is 5.69 Å². The first-order valence-corrected chi connectivity index (χ1v) is 6.99. The zero-order chi connectivity index (χ0) is 14.8. The molecule has 3 aromatic rings. The number of nitrogen functional groups attached to an aromatic ring is 1. The Morgan fingerprint density at radius 2 is 1.95 bits per heavy atom. The number of pyridine rings is 1. The molecule has 0 fully saturated rings. The van der Waals surface area contributed by atoms with Crippen molar-refractivity contribution in [1.82, 2.24) is 14.5 Å². The first-order valence-electron chi connectivity index (χ1n) is 6.99. The second kappa shape index (κ2) is 5.40. The Hall–Kier alpha value is -2.62. The predicted octanol–water partition coefficient (Wildman–Crippen LogP) is 3.64. The van der Waals surface area contributed by atoms with E-state index in [1.54, 1.807) is 24.8 Å². The summed E-state index contributed by atoms with van der Waals surface area (Å²) in [5.41, 5.74) is 11.0. The molecule has 0 radical (unpaired) electrons. The fourth-order valence-electron chi connectivity index (χ4n) is 2.35. The highest BCUT2D eigenvalue weighted by atomic mass is 15.1. The fourth-order valence-corrected chi connectivity index (χ4v) is 2.35. The molecule has 0 bridgehead atoms. The molecule has 4 nitrogen and oxygen atoms in total. The van der Waals surface area contributed by atoms with Crippen LogP contribution in [0.1, 0.15) is 25.3 Å². The van der Waals surface area contributed by atoms with Crippen molar-refractivity contribution in [3.8, 4) is 16.9 Å². The van der Waals surface area contributed by atoms with Crippen LogP contribution in [0.2, 0.25) is 0 Å². The lowest BCUT2D eigenvalue weighted by Crippen LogP contribution is -1.99. The molecule has 0 aliphatic heterocycles. The summed E-state index contributed by atoms with van der Waals surface area (Å²) in [5.74, 6) is 0.486. The third-order valence-corrected chi connectivity index (χ3v) is 3.58. The van der Waals surface area contributed by atoms with Gasteiger partial charge in [0.2, 0.25) is 0 Å². The van der Waals surface area contributed by atoms with Gasteiger partial charge < -0.3 is 5.73 Å². The molecular weight excluding hydrogens is 260 g/mol. The van der Waals surface area contributed by atoms with Gasteiger partial charge in [0.15, 0.2) is 0 Å². The molecule has 2 N–H and O–H groups in total. The van der Waals surface area contributed by atoms with Crippen molar-refractivity contribution >= 4 is 5.69 Å². The van der Waals surface area contributed by atoms with E-state index in [0.717, 1.165) is 16.9 Å². The SMILES string of the molecule is CC(C)c1cccc(-n2cncc2-c2cnccc2N)c1. The molecular formula is C17H18N4. The van der Waals surface area contributed by atoms with Gasteiger partial charge in [-0.25, -0.2) is 4.98 Å². The topological polar surface area (TPSA) is 56.7 Å². The van der Waals surface area contributed by atoms with Gasteiger partial charge in [-0.15, -0.1) is 0 Å². The lowest BCUT2D eigenvalue weighted by Gasteiger charge is -2.12. The highest BCUT2D eigenvalue weighted by Gasteiger charge is 2.10. The molecule has 21 heavy (non-hydrogen) atoms. The minimum absolute atomic E-state index is 0.486. The lowest BCUT2D eigenvalue weighted by atomic mass is 10.0. The standard InChI is InChI=1S/C17H18N4/c1-12(2)13-4-3-5-14(8-13)21-11-20-10-17(21)15-9-19-7-6-16(15)18/h3-12H,1-2H3,(H2,18,19). The summed E-state index contributed by atoms with van der Waals surface area (Å²) < 4.78 is 2.04. The Kier molecular flexibility index (Phi) is 3.44. The molecule has 4 heteroatoms. The van der Waals surface area contributed by atoms with Crippen molar-refractivity contribution in [2.75, 3.05) is 5.73 Å². The van der Waals surface area contributed by atoms with Crippen molar-refractivity contribution < 1.29 is 0 Å². The minimum Gasteiger partial charge on any atom is -0.398 e. The van der Waals surface area contributed by atoms with Gasteiger partial charge in [0.25, 0.3) is 0 Å². The number of hydrogen-bond acceptors (Lipinski definition) is 3. The van der Waals surface area contributed by atoms with Crippen LogP contribution in [0, 0.1) is 0 Å². The molecule has 0 aliphatic rings. The number of hydrogen-bond donors (Lipinski definition) is 1. The maximum absolute atomic E-state index is 6.06. The summed E-state index contributed by atoms with van der Waals surface area (Å²) in [4.78, 5) is 8.43. The average molecular weight is 278 g/mol. The predicted molar refractivity (Wildman–Crippen MR) is 85.3 cm³/mol. The van der Waals surface area contributed by atoms with E-state index in [0.29, 0.717) is 11.6 Å². The Morgan fingerprint density at radius 1 is 1.10 bits per heavy atom. The van der Waals surface area contributed by atoms with Gasteiger partial charge in [-0.3, -0.25) is 9.55 Å². The molecule has 106 valence electrons. The number of imidazole rings is 1. The normalized spacial score (nSPS) is 11.0. The maximum Gasteiger partial charge on any atom is 0.0997 e. The van der Waals surface area contributed by atoms with E-state index in [1.807, 2.05) is 10.8 Å². The Labute approximate surface area is 124 Å². The molecule has 0 unspecified atom stereocenters. The molecule has 0 saturated carbocycles. The maximum atomic E-state index is 6.06. The van der Waals surface area contributed by atoms with E-state index in [4.69, 9.17) is 5.73 Å². The highest BCUT2D eigenvalue weighted by molar-refractivity contribution is 5.73. The molecule has 0 spiro atoms. The van der Waals surface area contributed by atoms with Crippen LogP contribution < -0.4 is 5.73 Å². The molecule has 0 amide bonds. The van der Waals surface area contributed by atoms with Crippen molar-refractivity contribution in [2.45, 2.75) is 19.8 Å². The van der Waals surface area contributed by atoms with Crippen LogP contribution in [-0.4, -0.2) is 14.5 Å². The summed E-state index contributed by atoms with van der Waals surface area (Å²) >= 11 is 0. The van der Waals surface area contributed by atoms with Crippen LogP contribution in [0.3, 0.4) is 0 Å². The summed E-state index contributed by atoms with van der Waals surface area (Å²) in [5, 5.41) is 0. The zero-order valence-corrected chi connectivity index (χ0v) is 12.2. The summed E-state index contributed by atoms with van der Waals surface area (Å²) in [6, 6.07) is 10.3. The molecule has 1 aromatic carbocycles. The smallest absolute Gasteiger partial charge is 0.0997 e. The van der Waals surface area contributed by atoms with Crippen LogP contribution in [-0.2, 0) is 0 Å². The molecule has 0 aliphatic carbocycles. The van der Waals surface area contributed by atoms with Crippen LogP contribution in [0.15, 0.2) is 55.2 Å². The molecule has 2 aromatic heterocycles. The first-order chi connectivity index (χ1) is 10.2. The second-order valence-electron chi connectivity index (χ2n) is 5.36. The van der Waals surface area contributed by atoms with E-state index < -0.39 is 0 Å². The molecule has 0 saturated heterocycles. The number of anilines is 1. The van der Waals surface area contributed by atoms with Gasteiger partial charge in [0.05, 0.1) is 18.2 Å². The summed E-state index contributed by atoms with van der Waals surface area (Å²) in [7, 11) is 0. The third-order valence-electron chi connectivity index (χ3n) is 3.58. The first kappa shape index (κ1) is 13.4. The van der Waals surface area contributed by atoms with Gasteiger partial charge in [0.1, 0.15) is 0 Å². The monoisotopic (exact) mass is 278 g/mol. The summed E-state index contributed by atoms with van der Waals surface area (Å²) in [6.07, 6.45) is 7.09. The van der Waals surface area contributed by atoms with E-state index in [1.165, 1.54) is 5.56 Å². The van der Waals surface area contributed by atoms with Crippen molar-refractivity contribution in [3.05, 3.63) is 60.8 Å². The van der Waals surface area contributed by atoms with Gasteiger partial charge in [-0.1, -0.05) is 26.0 Å². The van der Waals surface area contributed by atoms with Gasteiger partial charge in [-0.2, -0.15) is 0 Å². The van der Waals surface area contributed by atoms with E-state index in [9.17, 15) is 0 Å². The minimum atomic E-state index is 0.486. The van der Waals surface area contributed by atoms with Crippen LogP contribution in [0.25, 0.3) is 16.9 Å². The Morgan fingerprint density at radius 3 is 2.71 bits per heavy atom. The van der Waals surface area contributed by atoms with Crippen LogP contribution in [0.5, 0.6) is 0 Å². The molecule has 3 rings (SSSR count). The largest absolute Gasteiger partial charge is 0.398 e. The molecule has 2 heterocycles. The lowest BCUT2D eigenvalue weighted by molar-refractivity contribution is 0.863. The molecule has 0 atom stereocenters. The number of aromatic nitrogens is 3. The number of nitrogens with zero attached hydrogens (tertiary/aromatic N) is 3. The average Bonchev–Trinajstić information content (AvgIpc) is 2.97. The van der Waals surface area contributed by atoms with Crippen LogP contribution >= 0.6 is 0 Å². The Balaban J connectivity index is 2.12. The van der Waals surface area contributed by atoms with E-state index >= 15 is 0 Å². The second-order valence-corrected chi connectivity index (χ2v) is 5.36. The number of rotatable bonds is 3. The number of nitrogens with two attached hydrogens (primary N) is 1. The quantitative estimate of drug-likeness (QED) is 0.795. The fraction of sp³-hybridized carbons (Fsp3) is 0.176. The van der Waals surface area contributed by atoms with Gasteiger partial charge in [0, 0.05) is 29.3 Å². The van der Waals surface area contributed by atoms with Crippen molar-refractivity contribution in [3.63, 3.8) is 0 Å². The Bertz CT molecular complexity index is 759. The van der Waals surface area contributed by atoms with Crippen molar-refractivity contribution in [1.29, 1.82) is 0 Å². The summed E-state index contributed by atoms with van der Waals surface area (Å²) in [6.45, 7) is 4.38.